The molecule has 2 heterocycles. The lowest BCUT2D eigenvalue weighted by atomic mass is 9.96. The lowest BCUT2D eigenvalue weighted by Gasteiger charge is -2.23. The second-order valence-corrected chi connectivity index (χ2v) is 7.29. The van der Waals surface area contributed by atoms with E-state index >= 15 is 0 Å². The molecule has 9 heteroatoms. The van der Waals surface area contributed by atoms with Crippen molar-refractivity contribution in [1.29, 1.82) is 0 Å². The fourth-order valence-corrected chi connectivity index (χ4v) is 2.34. The third-order valence-electron chi connectivity index (χ3n) is 3.90. The van der Waals surface area contributed by atoms with Gasteiger partial charge in [-0.05, 0) is 18.7 Å². The average Bonchev–Trinajstić information content (AvgIpc) is 3.03. The molecule has 0 saturated heterocycles. The number of aryl methyl sites for hydroxylation is 1. The minimum absolute atomic E-state index is 0.168. The van der Waals surface area contributed by atoms with Crippen molar-refractivity contribution < 1.29 is 19.2 Å². The third kappa shape index (κ3) is 5.33. The molecular formula is C18H25N5O4. The quantitative estimate of drug-likeness (QED) is 0.756. The number of pyridine rings is 1. The van der Waals surface area contributed by atoms with Gasteiger partial charge in [0.15, 0.2) is 5.82 Å². The number of anilines is 1. The number of likely N-dealkylation sites (N-methyl/N-ethyl adjacent to an activating group) is 1. The Hall–Kier alpha value is -2.81. The van der Waals surface area contributed by atoms with E-state index in [9.17, 15) is 14.7 Å². The zero-order chi connectivity index (χ0) is 20.2. The predicted molar refractivity (Wildman–Crippen MR) is 97.8 cm³/mol. The van der Waals surface area contributed by atoms with E-state index in [4.69, 9.17) is 4.52 Å². The molecule has 0 saturated carbocycles. The van der Waals surface area contributed by atoms with Gasteiger partial charge in [0.05, 0.1) is 6.54 Å². The van der Waals surface area contributed by atoms with Crippen LogP contribution in [-0.2, 0) is 22.6 Å². The lowest BCUT2D eigenvalue weighted by molar-refractivity contribution is -0.143. The average molecular weight is 375 g/mol. The molecule has 146 valence electrons. The first-order valence-electron chi connectivity index (χ1n) is 8.63. The first kappa shape index (κ1) is 20.5. The summed E-state index contributed by atoms with van der Waals surface area (Å²) in [7, 11) is 1.66. The van der Waals surface area contributed by atoms with Gasteiger partial charge in [-0.3, -0.25) is 14.5 Å². The Kier molecular flexibility index (Phi) is 6.27. The molecule has 2 aromatic heterocycles. The van der Waals surface area contributed by atoms with Gasteiger partial charge in [0.2, 0.25) is 11.8 Å². The molecule has 0 fully saturated rings. The molecular weight excluding hydrogens is 350 g/mol. The Morgan fingerprint density at radius 2 is 2.04 bits per heavy atom. The summed E-state index contributed by atoms with van der Waals surface area (Å²) in [6.45, 7) is 7.51. The van der Waals surface area contributed by atoms with Gasteiger partial charge in [-0.1, -0.05) is 38.9 Å². The van der Waals surface area contributed by atoms with E-state index in [1.807, 2.05) is 6.92 Å². The molecule has 1 atom stereocenters. The molecule has 2 rings (SSSR count). The summed E-state index contributed by atoms with van der Waals surface area (Å²) in [5, 5.41) is 16.2. The van der Waals surface area contributed by atoms with Crippen molar-refractivity contribution in [3.63, 3.8) is 0 Å². The van der Waals surface area contributed by atoms with E-state index in [2.05, 4.69) is 20.4 Å². The number of carbonyl (C=O) groups is 2. The van der Waals surface area contributed by atoms with Crippen molar-refractivity contribution >= 4 is 17.7 Å². The zero-order valence-corrected chi connectivity index (χ0v) is 16.2. The molecule has 0 spiro atoms. The molecule has 2 N–H and O–H groups in total. The van der Waals surface area contributed by atoms with Gasteiger partial charge in [0.25, 0.3) is 0 Å². The van der Waals surface area contributed by atoms with E-state index in [0.29, 0.717) is 29.5 Å². The van der Waals surface area contributed by atoms with Crippen LogP contribution < -0.4 is 5.32 Å². The minimum atomic E-state index is -1.02. The summed E-state index contributed by atoms with van der Waals surface area (Å²) in [5.41, 5.74) is -0.0653. The van der Waals surface area contributed by atoms with Crippen LogP contribution in [0, 0.1) is 5.41 Å². The first-order valence-corrected chi connectivity index (χ1v) is 8.63. The van der Waals surface area contributed by atoms with E-state index in [1.54, 1.807) is 44.9 Å². The summed E-state index contributed by atoms with van der Waals surface area (Å²) in [6, 6.07) is 2.29. The fourth-order valence-electron chi connectivity index (χ4n) is 2.34. The molecule has 27 heavy (non-hydrogen) atoms. The van der Waals surface area contributed by atoms with Crippen molar-refractivity contribution in [2.24, 2.45) is 5.41 Å². The van der Waals surface area contributed by atoms with Crippen LogP contribution >= 0.6 is 0 Å². The summed E-state index contributed by atoms with van der Waals surface area (Å²) in [4.78, 5) is 33.8. The summed E-state index contributed by atoms with van der Waals surface area (Å²) in [5.74, 6) is 0.105. The maximum Gasteiger partial charge on any atom is 0.325 e. The van der Waals surface area contributed by atoms with E-state index in [1.165, 1.54) is 6.20 Å². The molecule has 2 aromatic rings. The number of carboxylic acid groups (broad SMARTS) is 1. The standard InChI is InChI=1S/C18H25N5O4/c1-6-14-20-13(22-27-14)10-23(5)15(16(24)25)11-7-8-12(19-9-11)21-17(26)18(2,3)4/h7-9,15H,6,10H2,1-5H3,(H,24,25)(H,19,21,26)/t15-/m1/s1. The maximum absolute atomic E-state index is 12.0. The van der Waals surface area contributed by atoms with Gasteiger partial charge in [-0.15, -0.1) is 0 Å². The molecule has 0 unspecified atom stereocenters. The van der Waals surface area contributed by atoms with Crippen molar-refractivity contribution in [2.45, 2.75) is 46.7 Å². The van der Waals surface area contributed by atoms with E-state index < -0.39 is 17.4 Å². The topological polar surface area (TPSA) is 121 Å². The Morgan fingerprint density at radius 1 is 1.33 bits per heavy atom. The van der Waals surface area contributed by atoms with Gasteiger partial charge in [0.1, 0.15) is 11.9 Å². The smallest absolute Gasteiger partial charge is 0.325 e. The van der Waals surface area contributed by atoms with Crippen LogP contribution in [0.5, 0.6) is 0 Å². The van der Waals surface area contributed by atoms with Crippen LogP contribution in [0.3, 0.4) is 0 Å². The number of carboxylic acids is 1. The van der Waals surface area contributed by atoms with Crippen LogP contribution in [0.2, 0.25) is 0 Å². The van der Waals surface area contributed by atoms with Gasteiger partial charge in [0, 0.05) is 18.0 Å². The van der Waals surface area contributed by atoms with Crippen LogP contribution in [-0.4, -0.2) is 44.1 Å². The molecule has 0 aliphatic heterocycles. The lowest BCUT2D eigenvalue weighted by Crippen LogP contribution is -2.31. The highest BCUT2D eigenvalue weighted by Crippen LogP contribution is 2.22. The monoisotopic (exact) mass is 375 g/mol. The summed E-state index contributed by atoms with van der Waals surface area (Å²) >= 11 is 0. The van der Waals surface area contributed by atoms with Crippen LogP contribution in [0.15, 0.2) is 22.9 Å². The SMILES string of the molecule is CCc1nc(CN(C)[C@@H](C(=O)O)c2ccc(NC(=O)C(C)(C)C)nc2)no1. The number of nitrogens with one attached hydrogen (secondary N) is 1. The highest BCUT2D eigenvalue weighted by atomic mass is 16.5. The number of amides is 1. The van der Waals surface area contributed by atoms with E-state index in [-0.39, 0.29) is 12.5 Å². The Bertz CT molecular complexity index is 795. The molecule has 0 aliphatic carbocycles. The largest absolute Gasteiger partial charge is 0.480 e. The highest BCUT2D eigenvalue weighted by molar-refractivity contribution is 5.93. The highest BCUT2D eigenvalue weighted by Gasteiger charge is 2.27. The predicted octanol–water partition coefficient (Wildman–Crippen LogP) is 2.27. The normalized spacial score (nSPS) is 12.8. The van der Waals surface area contributed by atoms with Crippen LogP contribution in [0.4, 0.5) is 5.82 Å². The Labute approximate surface area is 157 Å². The number of hydrogen-bond donors (Lipinski definition) is 2. The molecule has 0 aliphatic rings. The third-order valence-corrected chi connectivity index (χ3v) is 3.90. The Morgan fingerprint density at radius 3 is 2.52 bits per heavy atom. The number of carbonyl (C=O) groups excluding carboxylic acids is 1. The molecule has 1 amide bonds. The van der Waals surface area contributed by atoms with Crippen molar-refractivity contribution in [3.05, 3.63) is 35.6 Å². The number of aliphatic carboxylic acids is 1. The number of hydrogen-bond acceptors (Lipinski definition) is 7. The molecule has 0 aromatic carbocycles. The minimum Gasteiger partial charge on any atom is -0.480 e. The number of aromatic nitrogens is 3. The van der Waals surface area contributed by atoms with Gasteiger partial charge in [-0.2, -0.15) is 4.98 Å². The second kappa shape index (κ2) is 8.26. The molecule has 9 nitrogen and oxygen atoms in total. The number of nitrogens with zero attached hydrogens (tertiary/aromatic N) is 4. The fraction of sp³-hybridized carbons (Fsp3) is 0.500. The molecule has 0 radical (unpaired) electrons. The maximum atomic E-state index is 12.0. The first-order chi connectivity index (χ1) is 12.6. The second-order valence-electron chi connectivity index (χ2n) is 7.29. The van der Waals surface area contributed by atoms with Gasteiger partial charge in [-0.25, -0.2) is 4.98 Å². The van der Waals surface area contributed by atoms with Gasteiger partial charge < -0.3 is 14.9 Å². The Balaban J connectivity index is 2.13. The van der Waals surface area contributed by atoms with Crippen LogP contribution in [0.1, 0.15) is 51.0 Å². The molecule has 0 bridgehead atoms. The number of rotatable bonds is 7. The van der Waals surface area contributed by atoms with Crippen LogP contribution in [0.25, 0.3) is 0 Å². The van der Waals surface area contributed by atoms with Gasteiger partial charge >= 0.3 is 5.97 Å². The van der Waals surface area contributed by atoms with Crippen molar-refractivity contribution in [3.8, 4) is 0 Å². The van der Waals surface area contributed by atoms with E-state index in [0.717, 1.165) is 0 Å². The van der Waals surface area contributed by atoms with Crippen molar-refractivity contribution in [1.82, 2.24) is 20.0 Å². The summed E-state index contributed by atoms with van der Waals surface area (Å²) < 4.78 is 5.05. The zero-order valence-electron chi connectivity index (χ0n) is 16.2. The summed E-state index contributed by atoms with van der Waals surface area (Å²) in [6.07, 6.45) is 2.06. The van der Waals surface area contributed by atoms with Crippen molar-refractivity contribution in [2.75, 3.05) is 12.4 Å².